The fourth-order valence-electron chi connectivity index (χ4n) is 5.01. The van der Waals surface area contributed by atoms with Gasteiger partial charge in [0.25, 0.3) is 0 Å². The minimum absolute atomic E-state index is 0.130. The molecule has 1 aliphatic rings. The van der Waals surface area contributed by atoms with Crippen molar-refractivity contribution in [1.29, 1.82) is 0 Å². The van der Waals surface area contributed by atoms with Gasteiger partial charge in [0, 0.05) is 19.2 Å². The van der Waals surface area contributed by atoms with Gasteiger partial charge < -0.3 is 20.3 Å². The monoisotopic (exact) mass is 501 g/mol. The first kappa shape index (κ1) is 27.4. The number of carbonyl (C=O) groups is 2. The van der Waals surface area contributed by atoms with E-state index in [9.17, 15) is 18.4 Å². The number of urea groups is 1. The topological polar surface area (TPSA) is 70.7 Å². The van der Waals surface area contributed by atoms with E-state index in [1.165, 1.54) is 13.2 Å². The minimum Gasteiger partial charge on any atom is -0.468 e. The summed E-state index contributed by atoms with van der Waals surface area (Å²) in [5.74, 6) is -1.13. The maximum atomic E-state index is 14.1. The first-order valence-electron chi connectivity index (χ1n) is 12.6. The summed E-state index contributed by atoms with van der Waals surface area (Å²) in [6.45, 7) is 10.0. The maximum Gasteiger partial charge on any atom is 0.323 e. The summed E-state index contributed by atoms with van der Waals surface area (Å²) in [6.07, 6.45) is 3.17. The molecule has 196 valence electrons. The molecule has 0 saturated heterocycles. The van der Waals surface area contributed by atoms with E-state index in [0.717, 1.165) is 49.3 Å². The van der Waals surface area contributed by atoms with Crippen LogP contribution in [0.15, 0.2) is 36.4 Å². The molecule has 0 spiro atoms. The van der Waals surface area contributed by atoms with Gasteiger partial charge in [-0.25, -0.2) is 13.6 Å². The number of esters is 1. The van der Waals surface area contributed by atoms with Crippen LogP contribution in [0.3, 0.4) is 0 Å². The molecular formula is C28H37F2N3O3. The van der Waals surface area contributed by atoms with E-state index < -0.39 is 23.1 Å². The van der Waals surface area contributed by atoms with Crippen LogP contribution in [0.2, 0.25) is 0 Å². The van der Waals surface area contributed by atoms with Crippen LogP contribution in [-0.4, -0.2) is 32.2 Å². The highest BCUT2D eigenvalue weighted by molar-refractivity contribution is 6.02. The van der Waals surface area contributed by atoms with Gasteiger partial charge in [0.2, 0.25) is 0 Å². The average Bonchev–Trinajstić information content (AvgIpc) is 3.30. The van der Waals surface area contributed by atoms with Crippen LogP contribution >= 0.6 is 0 Å². The lowest BCUT2D eigenvalue weighted by Crippen LogP contribution is -2.35. The molecule has 6 nitrogen and oxygen atoms in total. The number of anilines is 3. The fraction of sp³-hybridized carbons (Fsp3) is 0.500. The molecule has 0 radical (unpaired) electrons. The second-order valence-electron chi connectivity index (χ2n) is 10.4. The molecule has 0 unspecified atom stereocenters. The van der Waals surface area contributed by atoms with Gasteiger partial charge in [-0.15, -0.1) is 0 Å². The molecule has 2 N–H and O–H groups in total. The molecule has 1 fully saturated rings. The van der Waals surface area contributed by atoms with E-state index in [-0.39, 0.29) is 11.7 Å². The molecule has 2 aromatic rings. The summed E-state index contributed by atoms with van der Waals surface area (Å²) in [4.78, 5) is 28.0. The van der Waals surface area contributed by atoms with Crippen LogP contribution in [0.5, 0.6) is 0 Å². The smallest absolute Gasteiger partial charge is 0.323 e. The number of carbonyl (C=O) groups excluding carboxylic acids is 2. The number of nitrogens with zero attached hydrogens (tertiary/aromatic N) is 1. The third kappa shape index (κ3) is 6.33. The van der Waals surface area contributed by atoms with E-state index in [1.807, 2.05) is 18.2 Å². The molecule has 2 aromatic carbocycles. The van der Waals surface area contributed by atoms with Crippen LogP contribution in [0.4, 0.5) is 30.6 Å². The fourth-order valence-corrected chi connectivity index (χ4v) is 5.01. The Labute approximate surface area is 212 Å². The zero-order valence-corrected chi connectivity index (χ0v) is 21.8. The molecule has 1 aliphatic carbocycles. The molecule has 0 bridgehead atoms. The lowest BCUT2D eigenvalue weighted by Gasteiger charge is -2.32. The van der Waals surface area contributed by atoms with E-state index in [1.54, 1.807) is 0 Å². The Morgan fingerprint density at radius 1 is 0.944 bits per heavy atom. The predicted octanol–water partition coefficient (Wildman–Crippen LogP) is 6.71. The van der Waals surface area contributed by atoms with Crippen molar-refractivity contribution >= 4 is 29.1 Å². The molecule has 0 heterocycles. The molecule has 0 aliphatic heterocycles. The van der Waals surface area contributed by atoms with Gasteiger partial charge in [0.15, 0.2) is 0 Å². The number of halogens is 2. The van der Waals surface area contributed by atoms with Crippen LogP contribution in [0, 0.1) is 23.5 Å². The highest BCUT2D eigenvalue weighted by Crippen LogP contribution is 2.44. The average molecular weight is 502 g/mol. The zero-order valence-electron chi connectivity index (χ0n) is 21.8. The molecule has 0 atom stereocenters. The Kier molecular flexibility index (Phi) is 8.93. The largest absolute Gasteiger partial charge is 0.468 e. The van der Waals surface area contributed by atoms with Gasteiger partial charge >= 0.3 is 12.0 Å². The molecule has 0 aromatic heterocycles. The summed E-state index contributed by atoms with van der Waals surface area (Å²) < 4.78 is 32.6. The quantitative estimate of drug-likeness (QED) is 0.375. The first-order chi connectivity index (χ1) is 17.1. The van der Waals surface area contributed by atoms with Gasteiger partial charge in [-0.05, 0) is 54.5 Å². The maximum absolute atomic E-state index is 14.1. The van der Waals surface area contributed by atoms with Crippen LogP contribution in [0.25, 0.3) is 0 Å². The predicted molar refractivity (Wildman–Crippen MR) is 139 cm³/mol. The Bertz CT molecular complexity index is 1070. The highest BCUT2D eigenvalue weighted by atomic mass is 19.1. The van der Waals surface area contributed by atoms with Gasteiger partial charge in [-0.2, -0.15) is 0 Å². The number of amides is 2. The standard InChI is InChI=1S/C28H37F2N3O3/c1-18(2)16-33(17-19(3)4)25-11-8-20(28(26(34)36-5)12-6-7-13-28)14-24(25)32-27(35)31-23-10-9-21(29)15-22(23)30/h8-11,14-15,18-19H,6-7,12-13,16-17H2,1-5H3,(H2,31,32,35). The van der Waals surface area contributed by atoms with Crippen LogP contribution in [0.1, 0.15) is 58.9 Å². The van der Waals surface area contributed by atoms with Gasteiger partial charge in [-0.3, -0.25) is 4.79 Å². The normalized spacial score (nSPS) is 14.7. The molecular weight excluding hydrogens is 464 g/mol. The van der Waals surface area contributed by atoms with E-state index in [2.05, 4.69) is 43.2 Å². The SMILES string of the molecule is COC(=O)C1(c2ccc(N(CC(C)C)CC(C)C)c(NC(=O)Nc3ccc(F)cc3F)c2)CCCC1. The third-order valence-corrected chi connectivity index (χ3v) is 6.52. The Morgan fingerprint density at radius 3 is 2.11 bits per heavy atom. The van der Waals surface area contributed by atoms with E-state index in [0.29, 0.717) is 30.4 Å². The number of hydrogen-bond acceptors (Lipinski definition) is 4. The minimum atomic E-state index is -0.865. The lowest BCUT2D eigenvalue weighted by molar-refractivity contribution is -0.147. The Morgan fingerprint density at radius 2 is 1.56 bits per heavy atom. The summed E-state index contributed by atoms with van der Waals surface area (Å²) in [7, 11) is 1.40. The third-order valence-electron chi connectivity index (χ3n) is 6.52. The lowest BCUT2D eigenvalue weighted by atomic mass is 9.78. The van der Waals surface area contributed by atoms with Gasteiger partial charge in [0.05, 0.1) is 29.6 Å². The van der Waals surface area contributed by atoms with Crippen molar-refractivity contribution in [3.8, 4) is 0 Å². The molecule has 1 saturated carbocycles. The van der Waals surface area contributed by atoms with Crippen molar-refractivity contribution in [2.75, 3.05) is 35.7 Å². The number of methoxy groups -OCH3 is 1. The molecule has 2 amide bonds. The van der Waals surface area contributed by atoms with Crippen molar-refractivity contribution in [2.24, 2.45) is 11.8 Å². The number of ether oxygens (including phenoxy) is 1. The van der Waals surface area contributed by atoms with Gasteiger partial charge in [0.1, 0.15) is 11.6 Å². The van der Waals surface area contributed by atoms with Crippen molar-refractivity contribution in [2.45, 2.75) is 58.8 Å². The van der Waals surface area contributed by atoms with Crippen molar-refractivity contribution < 1.29 is 23.1 Å². The molecule has 3 rings (SSSR count). The summed E-state index contributed by atoms with van der Waals surface area (Å²) in [5.41, 5.74) is 1.23. The molecule has 8 heteroatoms. The first-order valence-corrected chi connectivity index (χ1v) is 12.6. The Hall–Kier alpha value is -3.16. The summed E-state index contributed by atoms with van der Waals surface area (Å²) in [5, 5.41) is 5.33. The number of nitrogens with one attached hydrogen (secondary N) is 2. The number of benzene rings is 2. The van der Waals surface area contributed by atoms with Crippen LogP contribution < -0.4 is 15.5 Å². The second-order valence-corrected chi connectivity index (χ2v) is 10.4. The second kappa shape index (κ2) is 11.7. The van der Waals surface area contributed by atoms with Crippen molar-refractivity contribution in [1.82, 2.24) is 0 Å². The van der Waals surface area contributed by atoms with Crippen LogP contribution in [-0.2, 0) is 14.9 Å². The van der Waals surface area contributed by atoms with Crippen molar-refractivity contribution in [3.05, 3.63) is 53.6 Å². The Balaban J connectivity index is 2.03. The number of hydrogen-bond donors (Lipinski definition) is 2. The molecule has 36 heavy (non-hydrogen) atoms. The van der Waals surface area contributed by atoms with Gasteiger partial charge in [-0.1, -0.05) is 46.6 Å². The van der Waals surface area contributed by atoms with E-state index >= 15 is 0 Å². The zero-order chi connectivity index (χ0) is 26.5. The van der Waals surface area contributed by atoms with E-state index in [4.69, 9.17) is 4.74 Å². The summed E-state index contributed by atoms with van der Waals surface area (Å²) >= 11 is 0. The summed E-state index contributed by atoms with van der Waals surface area (Å²) in [6, 6.07) is 8.05. The van der Waals surface area contributed by atoms with Crippen molar-refractivity contribution in [3.63, 3.8) is 0 Å². The number of rotatable bonds is 9. The highest BCUT2D eigenvalue weighted by Gasteiger charge is 2.44.